The number of fused-ring (bicyclic) bond motifs is 1. The third-order valence-corrected chi connectivity index (χ3v) is 5.16. The number of para-hydroxylation sites is 1. The normalized spacial score (nSPS) is 15.6. The summed E-state index contributed by atoms with van der Waals surface area (Å²) in [6.45, 7) is 2.81. The van der Waals surface area contributed by atoms with Crippen LogP contribution < -0.4 is 5.32 Å². The molecule has 2 amide bonds. The van der Waals surface area contributed by atoms with E-state index in [1.807, 2.05) is 29.7 Å². The van der Waals surface area contributed by atoms with Gasteiger partial charge in [0.15, 0.2) is 0 Å². The Balaban J connectivity index is 1.56. The molecule has 2 aromatic carbocycles. The van der Waals surface area contributed by atoms with E-state index >= 15 is 0 Å². The molecule has 1 unspecified atom stereocenters. The van der Waals surface area contributed by atoms with Gasteiger partial charge in [0, 0.05) is 24.3 Å². The Kier molecular flexibility index (Phi) is 5.03. The van der Waals surface area contributed by atoms with Crippen molar-refractivity contribution < 1.29 is 14.7 Å². The molecule has 2 heterocycles. The maximum absolute atomic E-state index is 12.7. The van der Waals surface area contributed by atoms with Crippen LogP contribution in [0.4, 0.5) is 10.5 Å². The van der Waals surface area contributed by atoms with Gasteiger partial charge in [-0.25, -0.2) is 14.6 Å². The van der Waals surface area contributed by atoms with E-state index in [1.54, 1.807) is 18.5 Å². The number of aliphatic carboxylic acids is 1. The first-order valence-corrected chi connectivity index (χ1v) is 9.45. The molecule has 0 aliphatic carbocycles. The fourth-order valence-electron chi connectivity index (χ4n) is 3.56. The van der Waals surface area contributed by atoms with Crippen LogP contribution in [0.1, 0.15) is 22.5 Å². The molecule has 0 saturated heterocycles. The van der Waals surface area contributed by atoms with Crippen LogP contribution in [0.5, 0.6) is 0 Å². The highest BCUT2D eigenvalue weighted by Gasteiger charge is 2.37. The Morgan fingerprint density at radius 2 is 1.86 bits per heavy atom. The number of carboxylic acids is 1. The van der Waals surface area contributed by atoms with Crippen LogP contribution in [0.15, 0.2) is 60.9 Å². The number of anilines is 1. The van der Waals surface area contributed by atoms with E-state index in [0.29, 0.717) is 12.2 Å². The Morgan fingerprint density at radius 3 is 2.55 bits per heavy atom. The molecule has 29 heavy (non-hydrogen) atoms. The van der Waals surface area contributed by atoms with Crippen molar-refractivity contribution in [3.63, 3.8) is 0 Å². The number of aryl methyl sites for hydroxylation is 1. The lowest BCUT2D eigenvalue weighted by atomic mass is 10.0. The van der Waals surface area contributed by atoms with E-state index in [4.69, 9.17) is 0 Å². The molecule has 0 fully saturated rings. The van der Waals surface area contributed by atoms with Crippen LogP contribution in [0.25, 0.3) is 0 Å². The zero-order valence-electron chi connectivity index (χ0n) is 16.1. The number of nitrogens with one attached hydrogen (secondary N) is 1. The molecule has 7 heteroatoms. The van der Waals surface area contributed by atoms with Gasteiger partial charge in [0.25, 0.3) is 0 Å². The molecule has 0 bridgehead atoms. The van der Waals surface area contributed by atoms with Gasteiger partial charge in [0.05, 0.1) is 18.6 Å². The molecule has 1 aliphatic heterocycles. The number of carbonyl (C=O) groups is 2. The second-order valence-electron chi connectivity index (χ2n) is 7.23. The molecule has 2 N–H and O–H groups in total. The summed E-state index contributed by atoms with van der Waals surface area (Å²) in [5.41, 5.74) is 4.52. The summed E-state index contributed by atoms with van der Waals surface area (Å²) in [7, 11) is 0. The van der Waals surface area contributed by atoms with Gasteiger partial charge >= 0.3 is 12.0 Å². The maximum atomic E-state index is 12.7. The van der Waals surface area contributed by atoms with Crippen LogP contribution in [0.2, 0.25) is 0 Å². The first-order valence-electron chi connectivity index (χ1n) is 9.45. The molecule has 0 spiro atoms. The van der Waals surface area contributed by atoms with Crippen molar-refractivity contribution in [1.29, 1.82) is 0 Å². The SMILES string of the molecule is Cc1ccc(Cn2cnc3c2CC(C(=O)O)N(C(=O)Nc2ccccc2)C3)cc1. The number of amides is 2. The quantitative estimate of drug-likeness (QED) is 0.716. The molecule has 148 valence electrons. The first kappa shape index (κ1) is 18.7. The fraction of sp³-hybridized carbons (Fsp3) is 0.227. The molecule has 1 atom stereocenters. The summed E-state index contributed by atoms with van der Waals surface area (Å²) in [4.78, 5) is 30.4. The number of hydrogen-bond donors (Lipinski definition) is 2. The molecule has 1 aliphatic rings. The van der Waals surface area contributed by atoms with Gasteiger partial charge in [-0.05, 0) is 24.6 Å². The van der Waals surface area contributed by atoms with Crippen molar-refractivity contribution >= 4 is 17.7 Å². The van der Waals surface area contributed by atoms with E-state index in [9.17, 15) is 14.7 Å². The number of carboxylic acid groups (broad SMARTS) is 1. The summed E-state index contributed by atoms with van der Waals surface area (Å²) in [6.07, 6.45) is 1.95. The molecule has 4 rings (SSSR count). The predicted molar refractivity (Wildman–Crippen MR) is 109 cm³/mol. The minimum atomic E-state index is -1.03. The number of benzene rings is 2. The smallest absolute Gasteiger partial charge is 0.326 e. The fourth-order valence-corrected chi connectivity index (χ4v) is 3.56. The van der Waals surface area contributed by atoms with Gasteiger partial charge in [-0.15, -0.1) is 0 Å². The predicted octanol–water partition coefficient (Wildman–Crippen LogP) is 3.28. The highest BCUT2D eigenvalue weighted by atomic mass is 16.4. The minimum absolute atomic E-state index is 0.159. The summed E-state index contributed by atoms with van der Waals surface area (Å²) >= 11 is 0. The Bertz CT molecular complexity index is 1030. The third-order valence-electron chi connectivity index (χ3n) is 5.16. The third kappa shape index (κ3) is 3.99. The van der Waals surface area contributed by atoms with Crippen LogP contribution in [0, 0.1) is 6.92 Å². The highest BCUT2D eigenvalue weighted by Crippen LogP contribution is 2.25. The van der Waals surface area contributed by atoms with Gasteiger partial charge in [-0.3, -0.25) is 0 Å². The Labute approximate surface area is 168 Å². The van der Waals surface area contributed by atoms with E-state index in [2.05, 4.69) is 34.6 Å². The zero-order chi connectivity index (χ0) is 20.4. The molecule has 0 radical (unpaired) electrons. The molecule has 0 saturated carbocycles. The second-order valence-corrected chi connectivity index (χ2v) is 7.23. The average Bonchev–Trinajstić information content (AvgIpc) is 3.11. The van der Waals surface area contributed by atoms with Gasteiger partial charge in [-0.1, -0.05) is 48.0 Å². The van der Waals surface area contributed by atoms with Gasteiger partial charge < -0.3 is 19.9 Å². The lowest BCUT2D eigenvalue weighted by Gasteiger charge is -2.33. The first-order chi connectivity index (χ1) is 14.0. The summed E-state index contributed by atoms with van der Waals surface area (Å²) < 4.78 is 1.97. The number of rotatable bonds is 4. The van der Waals surface area contributed by atoms with Gasteiger partial charge in [-0.2, -0.15) is 0 Å². The summed E-state index contributed by atoms with van der Waals surface area (Å²) in [6, 6.07) is 15.8. The molecule has 3 aromatic rings. The summed E-state index contributed by atoms with van der Waals surface area (Å²) in [5, 5.41) is 12.5. The topological polar surface area (TPSA) is 87.5 Å². The van der Waals surface area contributed by atoms with E-state index in [1.165, 1.54) is 10.5 Å². The van der Waals surface area contributed by atoms with Crippen molar-refractivity contribution in [3.8, 4) is 0 Å². The Hall–Kier alpha value is -3.61. The zero-order valence-corrected chi connectivity index (χ0v) is 16.1. The van der Waals surface area contributed by atoms with Crippen LogP contribution >= 0.6 is 0 Å². The van der Waals surface area contributed by atoms with Gasteiger partial charge in [0.1, 0.15) is 6.04 Å². The van der Waals surface area contributed by atoms with Crippen molar-refractivity contribution in [2.45, 2.75) is 32.5 Å². The van der Waals surface area contributed by atoms with Crippen LogP contribution in [-0.2, 0) is 24.3 Å². The Morgan fingerprint density at radius 1 is 1.14 bits per heavy atom. The van der Waals surface area contributed by atoms with Crippen LogP contribution in [-0.4, -0.2) is 37.6 Å². The second kappa shape index (κ2) is 7.79. The summed E-state index contributed by atoms with van der Waals surface area (Å²) in [5.74, 6) is -1.03. The monoisotopic (exact) mass is 390 g/mol. The number of imidazole rings is 1. The van der Waals surface area contributed by atoms with Crippen molar-refractivity contribution in [3.05, 3.63) is 83.4 Å². The van der Waals surface area contributed by atoms with E-state index in [0.717, 1.165) is 17.0 Å². The van der Waals surface area contributed by atoms with Gasteiger partial charge in [0.2, 0.25) is 0 Å². The van der Waals surface area contributed by atoms with Crippen LogP contribution in [0.3, 0.4) is 0 Å². The maximum Gasteiger partial charge on any atom is 0.326 e. The van der Waals surface area contributed by atoms with E-state index < -0.39 is 18.0 Å². The number of hydrogen-bond acceptors (Lipinski definition) is 3. The average molecular weight is 390 g/mol. The largest absolute Gasteiger partial charge is 0.480 e. The molecular weight excluding hydrogens is 368 g/mol. The number of carbonyl (C=O) groups excluding carboxylic acids is 1. The van der Waals surface area contributed by atoms with Crippen molar-refractivity contribution in [2.75, 3.05) is 5.32 Å². The standard InChI is InChI=1S/C22H22N4O3/c1-15-7-9-16(10-8-15)12-25-14-23-18-13-26(20(21(27)28)11-19(18)25)22(29)24-17-5-3-2-4-6-17/h2-10,14,20H,11-13H2,1H3,(H,24,29)(H,27,28). The highest BCUT2D eigenvalue weighted by molar-refractivity contribution is 5.92. The van der Waals surface area contributed by atoms with E-state index in [-0.39, 0.29) is 13.0 Å². The van der Waals surface area contributed by atoms with Crippen molar-refractivity contribution in [1.82, 2.24) is 14.5 Å². The van der Waals surface area contributed by atoms with Crippen molar-refractivity contribution in [2.24, 2.45) is 0 Å². The molecular formula is C22H22N4O3. The molecule has 7 nitrogen and oxygen atoms in total. The lowest BCUT2D eigenvalue weighted by Crippen LogP contribution is -2.50. The number of aromatic nitrogens is 2. The number of urea groups is 1. The lowest BCUT2D eigenvalue weighted by molar-refractivity contribution is -0.142. The number of nitrogens with zero attached hydrogens (tertiary/aromatic N) is 3. The molecule has 1 aromatic heterocycles. The minimum Gasteiger partial charge on any atom is -0.480 e.